The third-order valence-corrected chi connectivity index (χ3v) is 5.95. The first-order valence-electron chi connectivity index (χ1n) is 12.3. The Balaban J connectivity index is 1.77. The lowest BCUT2D eigenvalue weighted by Gasteiger charge is -2.17. The zero-order valence-corrected chi connectivity index (χ0v) is 21.8. The van der Waals surface area contributed by atoms with Crippen LogP contribution in [0.5, 0.6) is 11.5 Å². The highest BCUT2D eigenvalue weighted by molar-refractivity contribution is 5.92. The molecule has 36 heavy (non-hydrogen) atoms. The van der Waals surface area contributed by atoms with Gasteiger partial charge in [-0.15, -0.1) is 0 Å². The Kier molecular flexibility index (Phi) is 10.3. The Hall–Kier alpha value is -3.36. The highest BCUT2D eigenvalue weighted by Crippen LogP contribution is 2.20. The van der Waals surface area contributed by atoms with Gasteiger partial charge in [0.15, 0.2) is 0 Å². The third-order valence-electron chi connectivity index (χ3n) is 5.95. The van der Waals surface area contributed by atoms with E-state index in [1.165, 1.54) is 0 Å². The summed E-state index contributed by atoms with van der Waals surface area (Å²) in [6, 6.07) is 7.45. The van der Waals surface area contributed by atoms with E-state index in [9.17, 15) is 10.2 Å². The highest BCUT2D eigenvalue weighted by atomic mass is 16.3. The maximum atomic E-state index is 12.8. The van der Waals surface area contributed by atoms with Crippen LogP contribution >= 0.6 is 0 Å². The topological polar surface area (TPSA) is 102 Å². The Labute approximate surface area is 214 Å². The van der Waals surface area contributed by atoms with Crippen LogP contribution in [0.4, 0.5) is 0 Å². The number of hydrogen-bond donors (Lipinski definition) is 0. The number of nitrogens with zero attached hydrogens (tertiary/aromatic N) is 6. The molecule has 0 saturated carbocycles. The van der Waals surface area contributed by atoms with Crippen molar-refractivity contribution in [2.45, 2.75) is 13.8 Å². The quantitative estimate of drug-likeness (QED) is 0.563. The first kappa shape index (κ1) is 27.2. The van der Waals surface area contributed by atoms with Gasteiger partial charge in [-0.3, -0.25) is 20.0 Å². The lowest BCUT2D eigenvalue weighted by Crippen LogP contribution is -2.24. The van der Waals surface area contributed by atoms with Crippen molar-refractivity contribution in [1.82, 2.24) is 9.80 Å². The zero-order chi connectivity index (χ0) is 25.9. The molecule has 0 unspecified atom stereocenters. The molecule has 0 atom stereocenters. The van der Waals surface area contributed by atoms with Crippen molar-refractivity contribution in [1.29, 1.82) is 0 Å². The second-order valence-electron chi connectivity index (χ2n) is 9.29. The SMILES string of the molecule is Cc1cc2c([O-])c(c1)C=NCCN(C)CCN=Cc1cc(C)cc(c1[O-])C=NCCN(C)CCN=C2. The molecule has 8 nitrogen and oxygen atoms in total. The summed E-state index contributed by atoms with van der Waals surface area (Å²) in [5.41, 5.74) is 4.34. The minimum absolute atomic E-state index is 0.0517. The van der Waals surface area contributed by atoms with Gasteiger partial charge in [0.2, 0.25) is 0 Å². The van der Waals surface area contributed by atoms with Crippen molar-refractivity contribution >= 4 is 24.9 Å². The Bertz CT molecular complexity index is 971. The molecule has 0 N–H and O–H groups in total. The summed E-state index contributed by atoms with van der Waals surface area (Å²) in [7, 11) is 4.01. The van der Waals surface area contributed by atoms with Crippen LogP contribution in [0.15, 0.2) is 44.2 Å². The minimum Gasteiger partial charge on any atom is -0.872 e. The molecule has 1 heterocycles. The Morgan fingerprint density at radius 3 is 1.03 bits per heavy atom. The van der Waals surface area contributed by atoms with Crippen molar-refractivity contribution in [3.05, 3.63) is 57.6 Å². The fraction of sp³-hybridized carbons (Fsp3) is 0.429. The van der Waals surface area contributed by atoms with E-state index < -0.39 is 0 Å². The lowest BCUT2D eigenvalue weighted by molar-refractivity contribution is -0.269. The van der Waals surface area contributed by atoms with Crippen molar-refractivity contribution in [3.63, 3.8) is 0 Å². The molecule has 8 heteroatoms. The standard InChI is InChI=1S/C28H38N6O2/c1-21-13-23-17-29-5-9-33(3)11-7-31-19-25-15-22(2)16-26(28(25)36)20-32-8-12-34(4)10-6-30-18-24(14-21)27(23)35/h13-20,35-36H,5-12H2,1-4H3/p-2. The molecule has 192 valence electrons. The molecule has 0 spiro atoms. The molecule has 4 bridgehead atoms. The van der Waals surface area contributed by atoms with Gasteiger partial charge in [0, 0.05) is 51.0 Å². The van der Waals surface area contributed by atoms with E-state index in [0.29, 0.717) is 48.4 Å². The number of fused-ring (bicyclic) bond motifs is 4. The molecule has 0 radical (unpaired) electrons. The van der Waals surface area contributed by atoms with Crippen molar-refractivity contribution in [2.24, 2.45) is 20.0 Å². The summed E-state index contributed by atoms with van der Waals surface area (Å²) in [6.07, 6.45) is 6.65. The van der Waals surface area contributed by atoms with Crippen molar-refractivity contribution < 1.29 is 10.2 Å². The van der Waals surface area contributed by atoms with Crippen LogP contribution in [0.25, 0.3) is 0 Å². The molecular formula is C28H36N6O2-2. The molecule has 1 aliphatic rings. The van der Waals surface area contributed by atoms with Crippen LogP contribution in [0.2, 0.25) is 0 Å². The van der Waals surface area contributed by atoms with Gasteiger partial charge in [-0.1, -0.05) is 35.8 Å². The molecule has 0 amide bonds. The van der Waals surface area contributed by atoms with Crippen LogP contribution < -0.4 is 10.2 Å². The monoisotopic (exact) mass is 488 g/mol. The second kappa shape index (κ2) is 13.7. The molecule has 0 aliphatic carbocycles. The fourth-order valence-electron chi connectivity index (χ4n) is 3.83. The van der Waals surface area contributed by atoms with Gasteiger partial charge in [0.1, 0.15) is 0 Å². The predicted molar refractivity (Wildman–Crippen MR) is 146 cm³/mol. The summed E-state index contributed by atoms with van der Waals surface area (Å²) in [6.45, 7) is 9.22. The summed E-state index contributed by atoms with van der Waals surface area (Å²) in [5, 5.41) is 25.6. The fourth-order valence-corrected chi connectivity index (χ4v) is 3.83. The number of hydrogen-bond acceptors (Lipinski definition) is 8. The van der Waals surface area contributed by atoms with Gasteiger partial charge in [0.25, 0.3) is 0 Å². The van der Waals surface area contributed by atoms with Gasteiger partial charge in [-0.25, -0.2) is 0 Å². The normalized spacial score (nSPS) is 17.2. The second-order valence-corrected chi connectivity index (χ2v) is 9.29. The van der Waals surface area contributed by atoms with Gasteiger partial charge < -0.3 is 20.0 Å². The van der Waals surface area contributed by atoms with Crippen molar-refractivity contribution in [3.8, 4) is 11.5 Å². The highest BCUT2D eigenvalue weighted by Gasteiger charge is 2.02. The van der Waals surface area contributed by atoms with E-state index in [-0.39, 0.29) is 11.5 Å². The van der Waals surface area contributed by atoms with Crippen molar-refractivity contribution in [2.75, 3.05) is 66.5 Å². The zero-order valence-electron chi connectivity index (χ0n) is 21.8. The largest absolute Gasteiger partial charge is 0.872 e. The smallest absolute Gasteiger partial charge is 0.0516 e. The molecule has 0 aromatic heterocycles. The number of benzene rings is 2. The lowest BCUT2D eigenvalue weighted by atomic mass is 10.1. The van der Waals surface area contributed by atoms with Crippen LogP contribution in [0.3, 0.4) is 0 Å². The van der Waals surface area contributed by atoms with Crippen LogP contribution in [0, 0.1) is 13.8 Å². The molecule has 3 rings (SSSR count). The average molecular weight is 489 g/mol. The maximum Gasteiger partial charge on any atom is 0.0516 e. The predicted octanol–water partition coefficient (Wildman–Crippen LogP) is 1.70. The third kappa shape index (κ3) is 8.39. The van der Waals surface area contributed by atoms with E-state index >= 15 is 0 Å². The first-order chi connectivity index (χ1) is 17.3. The van der Waals surface area contributed by atoms with Crippen LogP contribution in [-0.4, -0.2) is 101 Å². The molecule has 0 fully saturated rings. The van der Waals surface area contributed by atoms with E-state index in [0.717, 1.165) is 37.3 Å². The van der Waals surface area contributed by atoms with Crippen LogP contribution in [-0.2, 0) is 0 Å². The number of rotatable bonds is 0. The summed E-state index contributed by atoms with van der Waals surface area (Å²) in [5.74, 6) is -0.103. The Morgan fingerprint density at radius 1 is 0.528 bits per heavy atom. The molecular weight excluding hydrogens is 452 g/mol. The van der Waals surface area contributed by atoms with E-state index in [2.05, 4.69) is 29.8 Å². The summed E-state index contributed by atoms with van der Waals surface area (Å²) < 4.78 is 0. The Morgan fingerprint density at radius 2 is 0.778 bits per heavy atom. The summed E-state index contributed by atoms with van der Waals surface area (Å²) >= 11 is 0. The average Bonchev–Trinajstić information content (AvgIpc) is 2.84. The molecule has 0 saturated heterocycles. The molecule has 2 aromatic carbocycles. The molecule has 1 aliphatic heterocycles. The number of aliphatic imine (C=N–C) groups is 4. The van der Waals surface area contributed by atoms with E-state index in [4.69, 9.17) is 0 Å². The first-order valence-corrected chi connectivity index (χ1v) is 12.3. The van der Waals surface area contributed by atoms with Gasteiger partial charge in [0.05, 0.1) is 26.2 Å². The molecule has 2 aromatic rings. The summed E-state index contributed by atoms with van der Waals surface area (Å²) in [4.78, 5) is 22.1. The van der Waals surface area contributed by atoms with Crippen LogP contribution in [0.1, 0.15) is 33.4 Å². The van der Waals surface area contributed by atoms with E-state index in [1.807, 2.05) is 52.2 Å². The van der Waals surface area contributed by atoms with Gasteiger partial charge >= 0.3 is 0 Å². The van der Waals surface area contributed by atoms with E-state index in [1.54, 1.807) is 24.9 Å². The minimum atomic E-state index is -0.0517. The maximum absolute atomic E-state index is 12.8. The number of likely N-dealkylation sites (N-methyl/N-ethyl adjacent to an activating group) is 2. The van der Waals surface area contributed by atoms with Gasteiger partial charge in [-0.05, 0) is 61.3 Å². The number of aryl methyl sites for hydroxylation is 2. The van der Waals surface area contributed by atoms with Gasteiger partial charge in [-0.2, -0.15) is 0 Å².